The molecule has 0 aliphatic heterocycles. The van der Waals surface area contributed by atoms with Gasteiger partial charge >= 0.3 is 0 Å². The number of amides is 1. The first-order valence-electron chi connectivity index (χ1n) is 8.08. The van der Waals surface area contributed by atoms with Gasteiger partial charge in [-0.15, -0.1) is 0 Å². The molecule has 1 rings (SSSR count). The topological polar surface area (TPSA) is 78.4 Å². The highest BCUT2D eigenvalue weighted by molar-refractivity contribution is 7.47. The van der Waals surface area contributed by atoms with Crippen LogP contribution in [0.4, 0.5) is 0 Å². The molecule has 0 aliphatic carbocycles. The van der Waals surface area contributed by atoms with Gasteiger partial charge in [0.15, 0.2) is 0 Å². The van der Waals surface area contributed by atoms with Crippen molar-refractivity contribution in [3.05, 3.63) is 29.8 Å². The van der Waals surface area contributed by atoms with E-state index in [-0.39, 0.29) is 5.91 Å². The monoisotopic (exact) mass is 370 g/mol. The third-order valence-corrected chi connectivity index (χ3v) is 3.62. The molecule has 1 amide bonds. The van der Waals surface area contributed by atoms with E-state index in [2.05, 4.69) is 9.68 Å². The molecular weight excluding hydrogens is 344 g/mol. The van der Waals surface area contributed by atoms with Gasteiger partial charge in [-0.1, -0.05) is 12.1 Å². The number of nitrogens with one attached hydrogen (secondary N) is 1. The number of ether oxygens (including phenoxy) is 4. The average molecular weight is 370 g/mol. The smallest absolute Gasteiger partial charge is 0.246 e. The summed E-state index contributed by atoms with van der Waals surface area (Å²) in [7, 11) is 3.23. The fourth-order valence-electron chi connectivity index (χ4n) is 1.99. The Morgan fingerprint density at radius 3 is 2.32 bits per heavy atom. The molecule has 8 heteroatoms. The van der Waals surface area contributed by atoms with Gasteiger partial charge in [-0.2, -0.15) is 0 Å². The molecule has 7 nitrogen and oxygen atoms in total. The fraction of sp³-hybridized carbons (Fsp3) is 0.588. The SMILES string of the molecule is COCCOCCOCCNC(=O)[C@H](Cc1ccc(OC)cc1)N=S. The zero-order valence-electron chi connectivity index (χ0n) is 14.7. The summed E-state index contributed by atoms with van der Waals surface area (Å²) in [4.78, 5) is 12.1. The predicted octanol–water partition coefficient (Wildman–Crippen LogP) is 1.13. The molecule has 0 radical (unpaired) electrons. The maximum Gasteiger partial charge on any atom is 0.246 e. The van der Waals surface area contributed by atoms with E-state index in [1.807, 2.05) is 24.3 Å². The molecule has 0 heterocycles. The summed E-state index contributed by atoms with van der Waals surface area (Å²) >= 11 is 4.75. The molecule has 0 fully saturated rings. The summed E-state index contributed by atoms with van der Waals surface area (Å²) in [6.45, 7) is 2.90. The van der Waals surface area contributed by atoms with Crippen molar-refractivity contribution in [2.24, 2.45) is 4.36 Å². The first-order valence-corrected chi connectivity index (χ1v) is 8.45. The minimum atomic E-state index is -0.597. The highest BCUT2D eigenvalue weighted by Crippen LogP contribution is 2.13. The molecule has 0 spiro atoms. The lowest BCUT2D eigenvalue weighted by Gasteiger charge is -2.12. The second kappa shape index (κ2) is 13.7. The molecule has 0 saturated heterocycles. The van der Waals surface area contributed by atoms with E-state index in [9.17, 15) is 4.79 Å². The molecule has 1 aromatic carbocycles. The Bertz CT molecular complexity index is 498. The molecular formula is C17H26N2O5S. The Labute approximate surface area is 154 Å². The van der Waals surface area contributed by atoms with Crippen molar-refractivity contribution in [2.75, 3.05) is 53.8 Å². The zero-order chi connectivity index (χ0) is 18.3. The van der Waals surface area contributed by atoms with Crippen molar-refractivity contribution in [3.63, 3.8) is 0 Å². The highest BCUT2D eigenvalue weighted by atomic mass is 32.1. The molecule has 140 valence electrons. The molecule has 0 aliphatic rings. The van der Waals surface area contributed by atoms with Crippen molar-refractivity contribution in [3.8, 4) is 5.75 Å². The molecule has 0 bridgehead atoms. The second-order valence-electron chi connectivity index (χ2n) is 5.18. The van der Waals surface area contributed by atoms with Crippen LogP contribution in [0.5, 0.6) is 5.75 Å². The lowest BCUT2D eigenvalue weighted by Crippen LogP contribution is -2.36. The molecule has 0 aromatic heterocycles. The van der Waals surface area contributed by atoms with Crippen LogP contribution in [0.3, 0.4) is 0 Å². The number of hydrogen-bond donors (Lipinski definition) is 1. The van der Waals surface area contributed by atoms with Gasteiger partial charge in [0.05, 0.1) is 40.1 Å². The number of carbonyl (C=O) groups excluding carboxylic acids is 1. The van der Waals surface area contributed by atoms with Crippen LogP contribution >= 0.6 is 0 Å². The first kappa shape index (κ1) is 21.4. The van der Waals surface area contributed by atoms with Crippen LogP contribution in [0.2, 0.25) is 0 Å². The van der Waals surface area contributed by atoms with Crippen LogP contribution in [-0.2, 0) is 37.9 Å². The van der Waals surface area contributed by atoms with Crippen LogP contribution in [0.15, 0.2) is 28.6 Å². The Hall–Kier alpha value is -1.61. The second-order valence-corrected chi connectivity index (χ2v) is 5.39. The number of nitrogens with zero attached hydrogens (tertiary/aromatic N) is 1. The molecule has 1 N–H and O–H groups in total. The third-order valence-electron chi connectivity index (χ3n) is 3.37. The van der Waals surface area contributed by atoms with Crippen LogP contribution < -0.4 is 10.1 Å². The van der Waals surface area contributed by atoms with Crippen molar-refractivity contribution in [1.82, 2.24) is 5.32 Å². The van der Waals surface area contributed by atoms with Crippen LogP contribution in [0.1, 0.15) is 5.56 Å². The first-order chi connectivity index (χ1) is 12.2. The Morgan fingerprint density at radius 1 is 1.08 bits per heavy atom. The van der Waals surface area contributed by atoms with Crippen molar-refractivity contribution < 1.29 is 23.7 Å². The summed E-state index contributed by atoms with van der Waals surface area (Å²) in [6.07, 6.45) is 0.452. The molecule has 1 atom stereocenters. The summed E-state index contributed by atoms with van der Waals surface area (Å²) < 4.78 is 24.4. The summed E-state index contributed by atoms with van der Waals surface area (Å²) in [6, 6.07) is 6.88. The van der Waals surface area contributed by atoms with Crippen molar-refractivity contribution in [2.45, 2.75) is 12.5 Å². The van der Waals surface area contributed by atoms with Crippen LogP contribution in [0.25, 0.3) is 0 Å². The van der Waals surface area contributed by atoms with Gasteiger partial charge in [0, 0.05) is 32.5 Å². The lowest BCUT2D eigenvalue weighted by molar-refractivity contribution is -0.122. The van der Waals surface area contributed by atoms with Crippen molar-refractivity contribution in [1.29, 1.82) is 0 Å². The quantitative estimate of drug-likeness (QED) is 0.495. The fourth-order valence-corrected chi connectivity index (χ4v) is 2.16. The Morgan fingerprint density at radius 2 is 1.72 bits per heavy atom. The van der Waals surface area contributed by atoms with Crippen molar-refractivity contribution >= 4 is 18.3 Å². The standard InChI is InChI=1S/C17H26N2O5S/c1-21-9-10-24-12-11-23-8-7-18-17(20)16(19-25)13-14-3-5-15(22-2)6-4-14/h3-6,16H,7-13H2,1-2H3,(H,18,20)/t16-/m0/s1. The number of rotatable bonds is 14. The maximum atomic E-state index is 12.1. The predicted molar refractivity (Wildman–Crippen MR) is 96.8 cm³/mol. The normalized spacial score (nSPS) is 11.8. The number of carbonyl (C=O) groups is 1. The van der Waals surface area contributed by atoms with E-state index in [1.165, 1.54) is 0 Å². The molecule has 25 heavy (non-hydrogen) atoms. The average Bonchev–Trinajstić information content (AvgIpc) is 2.65. The maximum absolute atomic E-state index is 12.1. The largest absolute Gasteiger partial charge is 0.497 e. The third kappa shape index (κ3) is 9.45. The van der Waals surface area contributed by atoms with Gasteiger partial charge in [0.2, 0.25) is 5.91 Å². The van der Waals surface area contributed by atoms with E-state index in [4.69, 9.17) is 31.4 Å². The van der Waals surface area contributed by atoms with Crippen LogP contribution in [-0.4, -0.2) is 65.7 Å². The van der Waals surface area contributed by atoms with Crippen LogP contribution in [0, 0.1) is 0 Å². The zero-order valence-corrected chi connectivity index (χ0v) is 15.5. The summed E-state index contributed by atoms with van der Waals surface area (Å²) in [5.74, 6) is 0.564. The van der Waals surface area contributed by atoms with Gasteiger partial charge in [-0.25, -0.2) is 4.36 Å². The lowest BCUT2D eigenvalue weighted by atomic mass is 10.1. The van der Waals surface area contributed by atoms with E-state index in [0.29, 0.717) is 46.0 Å². The molecule has 1 aromatic rings. The van der Waals surface area contributed by atoms with Gasteiger partial charge in [0.25, 0.3) is 0 Å². The molecule has 0 saturated carbocycles. The minimum Gasteiger partial charge on any atom is -0.497 e. The van der Waals surface area contributed by atoms with E-state index >= 15 is 0 Å². The number of hydrogen-bond acceptors (Lipinski definition) is 7. The minimum absolute atomic E-state index is 0.203. The summed E-state index contributed by atoms with van der Waals surface area (Å²) in [5.41, 5.74) is 0.971. The van der Waals surface area contributed by atoms with E-state index in [1.54, 1.807) is 14.2 Å². The number of benzene rings is 1. The summed E-state index contributed by atoms with van der Waals surface area (Å²) in [5, 5.41) is 2.78. The Kier molecular flexibility index (Phi) is 11.7. The highest BCUT2D eigenvalue weighted by Gasteiger charge is 2.17. The Balaban J connectivity index is 2.19. The van der Waals surface area contributed by atoms with Gasteiger partial charge < -0.3 is 24.3 Å². The van der Waals surface area contributed by atoms with E-state index in [0.717, 1.165) is 11.3 Å². The molecule has 0 unspecified atom stereocenters. The van der Waals surface area contributed by atoms with Gasteiger partial charge in [-0.05, 0) is 17.7 Å². The van der Waals surface area contributed by atoms with Gasteiger partial charge in [-0.3, -0.25) is 4.79 Å². The number of methoxy groups -OCH3 is 2. The van der Waals surface area contributed by atoms with E-state index < -0.39 is 6.04 Å². The van der Waals surface area contributed by atoms with Gasteiger partial charge in [0.1, 0.15) is 11.8 Å².